The number of carbonyl (C=O) groups is 1. The Morgan fingerprint density at radius 3 is 2.79 bits per heavy atom. The highest BCUT2D eigenvalue weighted by Crippen LogP contribution is 2.32. The summed E-state index contributed by atoms with van der Waals surface area (Å²) in [4.78, 5) is 18.2. The number of urea groups is 1. The zero-order chi connectivity index (χ0) is 13.2. The topological polar surface area (TPSA) is 70.4 Å². The smallest absolute Gasteiger partial charge is 0.323 e. The van der Waals surface area contributed by atoms with Gasteiger partial charge in [0.1, 0.15) is 6.26 Å². The fourth-order valence-corrected chi connectivity index (χ4v) is 3.34. The van der Waals surface area contributed by atoms with Gasteiger partial charge in [-0.1, -0.05) is 6.42 Å². The molecule has 2 amide bonds. The minimum Gasteiger partial charge on any atom is -0.432 e. The highest BCUT2D eigenvalue weighted by Gasteiger charge is 2.36. The van der Waals surface area contributed by atoms with E-state index in [2.05, 4.69) is 27.6 Å². The molecule has 0 saturated carbocycles. The second-order valence-electron chi connectivity index (χ2n) is 5.51. The van der Waals surface area contributed by atoms with Crippen molar-refractivity contribution in [1.29, 1.82) is 0 Å². The van der Waals surface area contributed by atoms with Crippen LogP contribution in [0.15, 0.2) is 16.9 Å². The maximum atomic E-state index is 11.8. The molecule has 6 nitrogen and oxygen atoms in total. The molecule has 0 aromatic carbocycles. The third-order valence-corrected chi connectivity index (χ3v) is 4.33. The van der Waals surface area contributed by atoms with E-state index in [0.717, 1.165) is 12.8 Å². The molecule has 2 aliphatic rings. The molecule has 2 aliphatic heterocycles. The fourth-order valence-electron chi connectivity index (χ4n) is 3.34. The number of hydrogen-bond donors (Lipinski definition) is 2. The Balaban J connectivity index is 1.54. The van der Waals surface area contributed by atoms with Gasteiger partial charge in [-0.2, -0.15) is 0 Å². The lowest BCUT2D eigenvalue weighted by molar-refractivity contribution is 0.0513. The zero-order valence-corrected chi connectivity index (χ0v) is 11.1. The number of nitrogens with one attached hydrogen (secondary N) is 2. The number of amides is 2. The van der Waals surface area contributed by atoms with Crippen LogP contribution in [0.1, 0.15) is 32.1 Å². The van der Waals surface area contributed by atoms with Gasteiger partial charge in [0.25, 0.3) is 0 Å². The lowest BCUT2D eigenvalue weighted by atomic mass is 9.82. The third-order valence-electron chi connectivity index (χ3n) is 4.33. The summed E-state index contributed by atoms with van der Waals surface area (Å²) in [6, 6.07) is 1.49. The van der Waals surface area contributed by atoms with E-state index in [1.807, 2.05) is 0 Å². The van der Waals surface area contributed by atoms with Crippen LogP contribution in [0.4, 0.5) is 10.8 Å². The van der Waals surface area contributed by atoms with Gasteiger partial charge in [0.15, 0.2) is 0 Å². The average Bonchev–Trinajstić information content (AvgIpc) is 2.83. The molecule has 2 atom stereocenters. The van der Waals surface area contributed by atoms with E-state index in [9.17, 15) is 4.79 Å². The van der Waals surface area contributed by atoms with Crippen LogP contribution in [-0.2, 0) is 0 Å². The molecule has 0 radical (unpaired) electrons. The van der Waals surface area contributed by atoms with Crippen molar-refractivity contribution in [2.75, 3.05) is 12.4 Å². The summed E-state index contributed by atoms with van der Waals surface area (Å²) in [6.07, 6.45) is 8.82. The first kappa shape index (κ1) is 12.5. The van der Waals surface area contributed by atoms with E-state index in [1.165, 1.54) is 31.7 Å². The first-order valence-corrected chi connectivity index (χ1v) is 6.91. The Morgan fingerprint density at radius 1 is 1.42 bits per heavy atom. The monoisotopic (exact) mass is 264 g/mol. The summed E-state index contributed by atoms with van der Waals surface area (Å²) in [5.74, 6) is 0. The van der Waals surface area contributed by atoms with Gasteiger partial charge in [0, 0.05) is 18.1 Å². The van der Waals surface area contributed by atoms with E-state index in [4.69, 9.17) is 4.42 Å². The van der Waals surface area contributed by atoms with Crippen LogP contribution in [0.25, 0.3) is 0 Å². The average molecular weight is 264 g/mol. The lowest BCUT2D eigenvalue weighted by Crippen LogP contribution is -2.55. The molecular formula is C13H20N4O2. The quantitative estimate of drug-likeness (QED) is 0.854. The minimum absolute atomic E-state index is 0.227. The molecule has 104 valence electrons. The van der Waals surface area contributed by atoms with Crippen molar-refractivity contribution in [2.24, 2.45) is 0 Å². The number of rotatable bonds is 2. The molecule has 3 heterocycles. The maximum Gasteiger partial charge on any atom is 0.323 e. The molecule has 1 aromatic rings. The van der Waals surface area contributed by atoms with E-state index in [0.29, 0.717) is 12.1 Å². The number of aromatic nitrogens is 1. The molecule has 6 heteroatoms. The largest absolute Gasteiger partial charge is 0.432 e. The van der Waals surface area contributed by atoms with Gasteiger partial charge in [-0.15, -0.1) is 0 Å². The lowest BCUT2D eigenvalue weighted by Gasteiger charge is -2.47. The van der Waals surface area contributed by atoms with E-state index in [1.54, 1.807) is 0 Å². The molecule has 2 saturated heterocycles. The van der Waals surface area contributed by atoms with Gasteiger partial charge in [0.05, 0.1) is 6.20 Å². The molecule has 2 fully saturated rings. The van der Waals surface area contributed by atoms with Crippen molar-refractivity contribution in [2.45, 2.75) is 50.2 Å². The minimum atomic E-state index is -0.227. The number of nitrogens with zero attached hydrogens (tertiary/aromatic N) is 2. The molecule has 1 aromatic heterocycles. The Hall–Kier alpha value is -1.56. The second kappa shape index (κ2) is 5.21. The Morgan fingerprint density at radius 2 is 2.16 bits per heavy atom. The number of anilines is 1. The van der Waals surface area contributed by atoms with Crippen molar-refractivity contribution in [3.63, 3.8) is 0 Å². The number of oxazole rings is 1. The second-order valence-corrected chi connectivity index (χ2v) is 5.51. The summed E-state index contributed by atoms with van der Waals surface area (Å²) in [5, 5.41) is 5.63. The number of piperidine rings is 2. The van der Waals surface area contributed by atoms with Crippen LogP contribution >= 0.6 is 0 Å². The molecular weight excluding hydrogens is 244 g/mol. The number of hydrogen-bond acceptors (Lipinski definition) is 4. The highest BCUT2D eigenvalue weighted by molar-refractivity contribution is 5.87. The van der Waals surface area contributed by atoms with Crippen LogP contribution < -0.4 is 10.6 Å². The molecule has 3 rings (SSSR count). The summed E-state index contributed by atoms with van der Waals surface area (Å²) >= 11 is 0. The first-order chi connectivity index (χ1) is 9.22. The van der Waals surface area contributed by atoms with Crippen molar-refractivity contribution >= 4 is 12.0 Å². The molecule has 2 N–H and O–H groups in total. The van der Waals surface area contributed by atoms with Crippen LogP contribution in [0.3, 0.4) is 0 Å². The Kier molecular flexibility index (Phi) is 3.42. The molecule has 19 heavy (non-hydrogen) atoms. The van der Waals surface area contributed by atoms with Crippen LogP contribution in [0.2, 0.25) is 0 Å². The van der Waals surface area contributed by atoms with Gasteiger partial charge < -0.3 is 14.6 Å². The summed E-state index contributed by atoms with van der Waals surface area (Å²) in [7, 11) is 2.21. The van der Waals surface area contributed by atoms with Crippen LogP contribution in [-0.4, -0.2) is 41.1 Å². The third kappa shape index (κ3) is 2.73. The van der Waals surface area contributed by atoms with E-state index < -0.39 is 0 Å². The molecule has 0 spiro atoms. The summed E-state index contributed by atoms with van der Waals surface area (Å²) in [5.41, 5.74) is 0. The standard InChI is InChI=1S/C13H20N4O2/c1-17-10-3-2-4-11(17)8-9(7-10)15-12(18)16-13-14-5-6-19-13/h5-6,9-11H,2-4,7-8H2,1H3,(H2,14,15,16,18)/t10-,11-/m0/s1. The number of carbonyl (C=O) groups excluding carboxylic acids is 1. The molecule has 0 unspecified atom stereocenters. The van der Waals surface area contributed by atoms with Gasteiger partial charge >= 0.3 is 12.0 Å². The summed E-state index contributed by atoms with van der Waals surface area (Å²) in [6.45, 7) is 0. The van der Waals surface area contributed by atoms with Gasteiger partial charge in [-0.05, 0) is 32.7 Å². The van der Waals surface area contributed by atoms with Crippen molar-refractivity contribution < 1.29 is 9.21 Å². The predicted molar refractivity (Wildman–Crippen MR) is 70.9 cm³/mol. The van der Waals surface area contributed by atoms with Crippen molar-refractivity contribution in [3.05, 3.63) is 12.5 Å². The highest BCUT2D eigenvalue weighted by atomic mass is 16.4. The van der Waals surface area contributed by atoms with Gasteiger partial charge in [-0.25, -0.2) is 9.78 Å². The first-order valence-electron chi connectivity index (χ1n) is 6.91. The fraction of sp³-hybridized carbons (Fsp3) is 0.692. The van der Waals surface area contributed by atoms with E-state index in [-0.39, 0.29) is 18.1 Å². The summed E-state index contributed by atoms with van der Waals surface area (Å²) < 4.78 is 4.99. The van der Waals surface area contributed by atoms with Gasteiger partial charge in [-0.3, -0.25) is 5.32 Å². The van der Waals surface area contributed by atoms with Crippen molar-refractivity contribution in [3.8, 4) is 0 Å². The molecule has 0 aliphatic carbocycles. The van der Waals surface area contributed by atoms with E-state index >= 15 is 0 Å². The Labute approximate surface area is 112 Å². The normalized spacial score (nSPS) is 30.9. The molecule has 2 bridgehead atoms. The SMILES string of the molecule is CN1[C@H]2CCC[C@H]1CC(NC(=O)Nc1ncco1)C2. The van der Waals surface area contributed by atoms with Crippen LogP contribution in [0.5, 0.6) is 0 Å². The van der Waals surface area contributed by atoms with Gasteiger partial charge in [0.2, 0.25) is 0 Å². The van der Waals surface area contributed by atoms with Crippen LogP contribution in [0, 0.1) is 0 Å². The number of fused-ring (bicyclic) bond motifs is 2. The zero-order valence-electron chi connectivity index (χ0n) is 11.1. The predicted octanol–water partition coefficient (Wildman–Crippen LogP) is 1.81. The van der Waals surface area contributed by atoms with Crippen molar-refractivity contribution in [1.82, 2.24) is 15.2 Å². The maximum absolute atomic E-state index is 11.8. The Bertz CT molecular complexity index is 420.